The van der Waals surface area contributed by atoms with Gasteiger partial charge in [0.1, 0.15) is 11.4 Å². The Labute approximate surface area is 201 Å². The van der Waals surface area contributed by atoms with Crippen LogP contribution in [0.1, 0.15) is 32.2 Å². The minimum Gasteiger partial charge on any atom is -0.497 e. The predicted octanol–water partition coefficient (Wildman–Crippen LogP) is 2.64. The number of carbonyl (C=O) groups excluding carboxylic acids is 2. The molecule has 176 valence electrons. The van der Waals surface area contributed by atoms with Crippen molar-refractivity contribution < 1.29 is 14.3 Å². The lowest BCUT2D eigenvalue weighted by Gasteiger charge is -2.28. The first-order valence-electron chi connectivity index (χ1n) is 11.1. The molecule has 3 heterocycles. The van der Waals surface area contributed by atoms with Crippen molar-refractivity contribution in [2.75, 3.05) is 18.6 Å². The largest absolute Gasteiger partial charge is 0.497 e. The van der Waals surface area contributed by atoms with E-state index < -0.39 is 5.91 Å². The zero-order chi connectivity index (χ0) is 24.7. The first kappa shape index (κ1) is 22.1. The van der Waals surface area contributed by atoms with Crippen LogP contribution in [0.25, 0.3) is 11.4 Å². The van der Waals surface area contributed by atoms with Crippen molar-refractivity contribution in [1.29, 1.82) is 0 Å². The number of hydrogen-bond donors (Lipinski definition) is 1. The second kappa shape index (κ2) is 8.60. The van der Waals surface area contributed by atoms with Crippen LogP contribution in [0.2, 0.25) is 0 Å². The van der Waals surface area contributed by atoms with Gasteiger partial charge in [-0.2, -0.15) is 5.10 Å². The third kappa shape index (κ3) is 3.76. The molecule has 2 aromatic carbocycles. The number of rotatable bonds is 5. The number of anilines is 1. The molecule has 0 aliphatic carbocycles. The second-order valence-corrected chi connectivity index (χ2v) is 8.21. The Morgan fingerprint density at radius 3 is 2.23 bits per heavy atom. The number of aromatic nitrogens is 3. The average molecular weight is 470 g/mol. The molecule has 35 heavy (non-hydrogen) atoms. The fourth-order valence-corrected chi connectivity index (χ4v) is 4.42. The van der Waals surface area contributed by atoms with Crippen molar-refractivity contribution in [3.63, 3.8) is 0 Å². The molecule has 2 N–H and O–H groups in total. The molecule has 0 fully saturated rings. The van der Waals surface area contributed by atoms with Crippen molar-refractivity contribution >= 4 is 17.5 Å². The molecule has 0 spiro atoms. The van der Waals surface area contributed by atoms with E-state index >= 15 is 0 Å². The Morgan fingerprint density at radius 2 is 1.60 bits per heavy atom. The molecule has 5 rings (SSSR count). The van der Waals surface area contributed by atoms with E-state index in [4.69, 9.17) is 10.5 Å². The highest BCUT2D eigenvalue weighted by molar-refractivity contribution is 6.09. The van der Waals surface area contributed by atoms with E-state index in [1.165, 1.54) is 10.7 Å². The number of benzene rings is 2. The van der Waals surface area contributed by atoms with Gasteiger partial charge in [-0.15, -0.1) is 0 Å². The second-order valence-electron chi connectivity index (χ2n) is 8.21. The van der Waals surface area contributed by atoms with Gasteiger partial charge in [0.25, 0.3) is 17.4 Å². The number of carbonyl (C=O) groups is 2. The van der Waals surface area contributed by atoms with Gasteiger partial charge in [0.15, 0.2) is 5.69 Å². The Hall–Kier alpha value is -4.66. The van der Waals surface area contributed by atoms with Gasteiger partial charge < -0.3 is 15.4 Å². The molecule has 0 atom stereocenters. The van der Waals surface area contributed by atoms with E-state index in [-0.39, 0.29) is 17.2 Å². The molecular weight excluding hydrogens is 446 g/mol. The highest BCUT2D eigenvalue weighted by atomic mass is 16.5. The Bertz CT molecular complexity index is 1500. The third-order valence-electron chi connectivity index (χ3n) is 6.14. The summed E-state index contributed by atoms with van der Waals surface area (Å²) in [6, 6.07) is 19.4. The van der Waals surface area contributed by atoms with E-state index in [0.29, 0.717) is 47.0 Å². The van der Waals surface area contributed by atoms with E-state index in [0.717, 1.165) is 5.69 Å². The van der Waals surface area contributed by atoms with Crippen molar-refractivity contribution in [2.24, 2.45) is 5.73 Å². The highest BCUT2D eigenvalue weighted by Gasteiger charge is 2.34. The van der Waals surface area contributed by atoms with Crippen molar-refractivity contribution in [3.05, 3.63) is 99.7 Å². The number of amides is 2. The fraction of sp³-hybridized carbons (Fsp3) is 0.154. The van der Waals surface area contributed by atoms with Gasteiger partial charge >= 0.3 is 0 Å². The molecule has 4 aromatic rings. The minimum atomic E-state index is -0.678. The maximum Gasteiger partial charge on any atom is 0.277 e. The summed E-state index contributed by atoms with van der Waals surface area (Å²) in [5, 5.41) is 4.38. The monoisotopic (exact) mass is 469 g/mol. The normalized spacial score (nSPS) is 13.0. The van der Waals surface area contributed by atoms with Gasteiger partial charge in [-0.3, -0.25) is 19.0 Å². The summed E-state index contributed by atoms with van der Waals surface area (Å²) in [5.41, 5.74) is 9.19. The van der Waals surface area contributed by atoms with Crippen molar-refractivity contribution in [3.8, 4) is 17.1 Å². The summed E-state index contributed by atoms with van der Waals surface area (Å²) >= 11 is 0. The average Bonchev–Trinajstić information content (AvgIpc) is 3.26. The van der Waals surface area contributed by atoms with Crippen LogP contribution in [0.5, 0.6) is 5.75 Å². The van der Waals surface area contributed by atoms with Gasteiger partial charge in [-0.1, -0.05) is 6.07 Å². The summed E-state index contributed by atoms with van der Waals surface area (Å²) in [7, 11) is 1.57. The van der Waals surface area contributed by atoms with Gasteiger partial charge in [0.05, 0.1) is 12.8 Å². The molecule has 0 saturated carbocycles. The molecule has 0 saturated heterocycles. The maximum atomic E-state index is 13.7. The van der Waals surface area contributed by atoms with E-state index in [1.54, 1.807) is 59.0 Å². The molecule has 9 heteroatoms. The smallest absolute Gasteiger partial charge is 0.277 e. The molecule has 0 unspecified atom stereocenters. The number of hydrogen-bond acceptors (Lipinski definition) is 5. The number of pyridine rings is 1. The van der Waals surface area contributed by atoms with Crippen LogP contribution in [-0.2, 0) is 6.42 Å². The van der Waals surface area contributed by atoms with Crippen LogP contribution in [-0.4, -0.2) is 39.8 Å². The minimum absolute atomic E-state index is 0.0955. The van der Waals surface area contributed by atoms with Crippen LogP contribution in [0.15, 0.2) is 71.5 Å². The first-order valence-corrected chi connectivity index (χ1v) is 11.1. The third-order valence-corrected chi connectivity index (χ3v) is 6.14. The molecule has 0 radical (unpaired) electrons. The summed E-state index contributed by atoms with van der Waals surface area (Å²) in [5.74, 6) is -0.309. The summed E-state index contributed by atoms with van der Waals surface area (Å²) in [6.07, 6.45) is 0.425. The van der Waals surface area contributed by atoms with Crippen molar-refractivity contribution in [1.82, 2.24) is 14.3 Å². The highest BCUT2D eigenvalue weighted by Crippen LogP contribution is 2.29. The zero-order valence-corrected chi connectivity index (χ0v) is 19.3. The van der Waals surface area contributed by atoms with Crippen LogP contribution in [0, 0.1) is 6.92 Å². The molecule has 9 nitrogen and oxygen atoms in total. The number of primary amides is 1. The topological polar surface area (TPSA) is 112 Å². The summed E-state index contributed by atoms with van der Waals surface area (Å²) in [6.45, 7) is 2.23. The SMILES string of the molecule is COc1ccc(-n2nc(C(N)=O)c3c2C(=O)N(c2ccc(-n4c(C)cccc4=O)cc2)CC3)cc1. The Morgan fingerprint density at radius 1 is 0.943 bits per heavy atom. The summed E-state index contributed by atoms with van der Waals surface area (Å²) in [4.78, 5) is 39.7. The molecule has 0 bridgehead atoms. The van der Waals surface area contributed by atoms with E-state index in [1.807, 2.05) is 25.1 Å². The fourth-order valence-electron chi connectivity index (χ4n) is 4.42. The lowest BCUT2D eigenvalue weighted by atomic mass is 10.0. The quantitative estimate of drug-likeness (QED) is 0.483. The number of aryl methyl sites for hydroxylation is 1. The number of nitrogens with two attached hydrogens (primary N) is 1. The molecule has 1 aliphatic rings. The Balaban J connectivity index is 1.54. The maximum absolute atomic E-state index is 13.7. The summed E-state index contributed by atoms with van der Waals surface area (Å²) < 4.78 is 8.29. The number of ether oxygens (including phenoxy) is 1. The standard InChI is InChI=1S/C26H23N5O4/c1-16-4-3-5-22(32)30(16)18-8-6-17(7-9-18)29-15-14-21-23(25(27)33)28-31(24(21)26(29)34)19-10-12-20(35-2)13-11-19/h3-13H,14-15H2,1-2H3,(H2,27,33). The van der Waals surface area contributed by atoms with Gasteiger partial charge in [0.2, 0.25) is 0 Å². The lowest BCUT2D eigenvalue weighted by Crippen LogP contribution is -2.39. The van der Waals surface area contributed by atoms with Gasteiger partial charge in [-0.05, 0) is 67.9 Å². The molecule has 2 aromatic heterocycles. The predicted molar refractivity (Wildman–Crippen MR) is 131 cm³/mol. The van der Waals surface area contributed by atoms with Crippen LogP contribution < -0.4 is 20.9 Å². The molecular formula is C26H23N5O4. The molecule has 1 aliphatic heterocycles. The first-order chi connectivity index (χ1) is 16.9. The molecule has 2 amide bonds. The number of nitrogens with zero attached hydrogens (tertiary/aromatic N) is 4. The lowest BCUT2D eigenvalue weighted by molar-refractivity contribution is 0.0972. The zero-order valence-electron chi connectivity index (χ0n) is 19.3. The van der Waals surface area contributed by atoms with E-state index in [9.17, 15) is 14.4 Å². The Kier molecular flexibility index (Phi) is 5.44. The van der Waals surface area contributed by atoms with E-state index in [2.05, 4.69) is 5.10 Å². The van der Waals surface area contributed by atoms with Gasteiger partial charge in [0, 0.05) is 35.2 Å². The van der Waals surface area contributed by atoms with Crippen LogP contribution in [0.4, 0.5) is 5.69 Å². The van der Waals surface area contributed by atoms with Gasteiger partial charge in [-0.25, -0.2) is 4.68 Å². The van der Waals surface area contributed by atoms with Crippen molar-refractivity contribution in [2.45, 2.75) is 13.3 Å². The van der Waals surface area contributed by atoms with Crippen LogP contribution >= 0.6 is 0 Å². The number of methoxy groups -OCH3 is 1. The van der Waals surface area contributed by atoms with Crippen LogP contribution in [0.3, 0.4) is 0 Å². The number of fused-ring (bicyclic) bond motifs is 1.